The molecule has 7 nitrogen and oxygen atoms in total. The number of esters is 1. The first-order chi connectivity index (χ1) is 15.9. The lowest BCUT2D eigenvalue weighted by molar-refractivity contribution is 0.0472. The molecule has 174 valence electrons. The molecule has 0 fully saturated rings. The number of nitrogens with zero attached hydrogens (tertiary/aromatic N) is 3. The molecule has 2 N–H and O–H groups in total. The van der Waals surface area contributed by atoms with Crippen LogP contribution in [0.2, 0.25) is 0 Å². The van der Waals surface area contributed by atoms with Gasteiger partial charge in [-0.15, -0.1) is 0 Å². The first kappa shape index (κ1) is 24.0. The average molecular weight is 448 g/mol. The molecule has 0 saturated heterocycles. The van der Waals surface area contributed by atoms with E-state index < -0.39 is 0 Å². The van der Waals surface area contributed by atoms with E-state index in [1.807, 2.05) is 67.2 Å². The number of hydrogen-bond acceptors (Lipinski definition) is 4. The monoisotopic (exact) mass is 447 g/mol. The van der Waals surface area contributed by atoms with E-state index >= 15 is 0 Å². The largest absolute Gasteiger partial charge is 0.457 e. The maximum absolute atomic E-state index is 12.5. The standard InChI is InChI=1S/C26H33N5O2/c1-18(14-24-19(2)30-31(5)20(24)3)29-26(27-4)28-16-22-12-9-13-23(15-22)25(32)33-17-21-10-7-6-8-11-21/h6-13,15,18H,14,16-17H2,1-5H3,(H2,27,28,29). The summed E-state index contributed by atoms with van der Waals surface area (Å²) in [5.74, 6) is 0.373. The van der Waals surface area contributed by atoms with Gasteiger partial charge in [-0.3, -0.25) is 9.67 Å². The zero-order valence-corrected chi connectivity index (χ0v) is 20.1. The molecule has 0 bridgehead atoms. The first-order valence-corrected chi connectivity index (χ1v) is 11.1. The van der Waals surface area contributed by atoms with E-state index in [-0.39, 0.29) is 18.6 Å². The molecule has 1 aromatic heterocycles. The Labute approximate surface area is 195 Å². The summed E-state index contributed by atoms with van der Waals surface area (Å²) in [7, 11) is 3.72. The number of carbonyl (C=O) groups is 1. The van der Waals surface area contributed by atoms with Crippen LogP contribution in [0.1, 0.15) is 45.4 Å². The number of rotatable bonds is 8. The summed E-state index contributed by atoms with van der Waals surface area (Å²) in [4.78, 5) is 16.8. The lowest BCUT2D eigenvalue weighted by Gasteiger charge is -2.18. The van der Waals surface area contributed by atoms with Crippen LogP contribution in [0.5, 0.6) is 0 Å². The number of benzene rings is 2. The molecule has 2 aromatic carbocycles. The number of aryl methyl sites for hydroxylation is 2. The minimum Gasteiger partial charge on any atom is -0.457 e. The van der Waals surface area contributed by atoms with Gasteiger partial charge in [0, 0.05) is 32.4 Å². The van der Waals surface area contributed by atoms with E-state index in [1.54, 1.807) is 13.1 Å². The highest BCUT2D eigenvalue weighted by Gasteiger charge is 2.14. The summed E-state index contributed by atoms with van der Waals surface area (Å²) in [6.07, 6.45) is 0.856. The summed E-state index contributed by atoms with van der Waals surface area (Å²) in [6.45, 7) is 7.05. The van der Waals surface area contributed by atoms with Crippen molar-refractivity contribution in [1.82, 2.24) is 20.4 Å². The molecule has 3 aromatic rings. The molecule has 7 heteroatoms. The van der Waals surface area contributed by atoms with Crippen molar-refractivity contribution < 1.29 is 9.53 Å². The van der Waals surface area contributed by atoms with E-state index in [2.05, 4.69) is 34.6 Å². The molecule has 1 heterocycles. The Morgan fingerprint density at radius 1 is 1.12 bits per heavy atom. The third kappa shape index (κ3) is 6.68. The molecular formula is C26H33N5O2. The van der Waals surface area contributed by atoms with Gasteiger partial charge in [-0.05, 0) is 56.0 Å². The van der Waals surface area contributed by atoms with Gasteiger partial charge in [0.05, 0.1) is 11.3 Å². The van der Waals surface area contributed by atoms with Gasteiger partial charge in [0.1, 0.15) is 6.61 Å². The fraction of sp³-hybridized carbons (Fsp3) is 0.346. The quantitative estimate of drug-likeness (QED) is 0.313. The van der Waals surface area contributed by atoms with Crippen molar-refractivity contribution in [3.63, 3.8) is 0 Å². The van der Waals surface area contributed by atoms with Crippen molar-refractivity contribution in [2.45, 2.75) is 46.4 Å². The predicted molar refractivity (Wildman–Crippen MR) is 131 cm³/mol. The normalized spacial score (nSPS) is 12.3. The zero-order chi connectivity index (χ0) is 23.8. The highest BCUT2D eigenvalue weighted by Crippen LogP contribution is 2.14. The van der Waals surface area contributed by atoms with Gasteiger partial charge < -0.3 is 15.4 Å². The third-order valence-electron chi connectivity index (χ3n) is 5.61. The Morgan fingerprint density at radius 3 is 2.52 bits per heavy atom. The molecule has 0 saturated carbocycles. The predicted octanol–water partition coefficient (Wildman–Crippen LogP) is 3.69. The Bertz CT molecular complexity index is 1110. The topological polar surface area (TPSA) is 80.5 Å². The Hall–Kier alpha value is -3.61. The SMILES string of the molecule is CN=C(NCc1cccc(C(=O)OCc2ccccc2)c1)NC(C)Cc1c(C)nn(C)c1C. The number of guanidine groups is 1. The third-order valence-corrected chi connectivity index (χ3v) is 5.61. The van der Waals surface area contributed by atoms with Gasteiger partial charge in [0.2, 0.25) is 0 Å². The molecule has 0 amide bonds. The molecule has 0 radical (unpaired) electrons. The highest BCUT2D eigenvalue weighted by molar-refractivity contribution is 5.89. The Balaban J connectivity index is 1.53. The molecular weight excluding hydrogens is 414 g/mol. The second-order valence-corrected chi connectivity index (χ2v) is 8.21. The van der Waals surface area contributed by atoms with Gasteiger partial charge in [0.25, 0.3) is 0 Å². The first-order valence-electron chi connectivity index (χ1n) is 11.1. The van der Waals surface area contributed by atoms with Crippen LogP contribution in [0.15, 0.2) is 59.6 Å². The van der Waals surface area contributed by atoms with Crippen LogP contribution in [0.4, 0.5) is 0 Å². The van der Waals surface area contributed by atoms with E-state index in [0.717, 1.165) is 23.2 Å². The van der Waals surface area contributed by atoms with Crippen molar-refractivity contribution in [1.29, 1.82) is 0 Å². The van der Waals surface area contributed by atoms with Gasteiger partial charge in [-0.2, -0.15) is 5.10 Å². The second-order valence-electron chi connectivity index (χ2n) is 8.21. The summed E-state index contributed by atoms with van der Waals surface area (Å²) in [5, 5.41) is 11.3. The van der Waals surface area contributed by atoms with Crippen LogP contribution in [0, 0.1) is 13.8 Å². The Morgan fingerprint density at radius 2 is 1.85 bits per heavy atom. The maximum Gasteiger partial charge on any atom is 0.338 e. The molecule has 1 atom stereocenters. The van der Waals surface area contributed by atoms with E-state index in [4.69, 9.17) is 4.74 Å². The summed E-state index contributed by atoms with van der Waals surface area (Å²) in [5.41, 5.74) is 5.96. The van der Waals surface area contributed by atoms with E-state index in [9.17, 15) is 4.79 Å². The van der Waals surface area contributed by atoms with Gasteiger partial charge in [-0.1, -0.05) is 42.5 Å². The van der Waals surface area contributed by atoms with Crippen LogP contribution >= 0.6 is 0 Å². The zero-order valence-electron chi connectivity index (χ0n) is 20.1. The summed E-state index contributed by atoms with van der Waals surface area (Å²) in [6, 6.07) is 17.3. The molecule has 0 aliphatic carbocycles. The molecule has 0 aliphatic heterocycles. The number of aromatic nitrogens is 2. The van der Waals surface area contributed by atoms with Crippen molar-refractivity contribution in [3.8, 4) is 0 Å². The number of ether oxygens (including phenoxy) is 1. The van der Waals surface area contributed by atoms with E-state index in [1.165, 1.54) is 11.3 Å². The van der Waals surface area contributed by atoms with Gasteiger partial charge >= 0.3 is 5.97 Å². The van der Waals surface area contributed by atoms with Crippen molar-refractivity contribution in [3.05, 3.63) is 88.2 Å². The van der Waals surface area contributed by atoms with Crippen LogP contribution in [0.3, 0.4) is 0 Å². The van der Waals surface area contributed by atoms with Crippen LogP contribution in [-0.2, 0) is 31.4 Å². The average Bonchev–Trinajstić information content (AvgIpc) is 3.06. The molecule has 0 spiro atoms. The van der Waals surface area contributed by atoms with Crippen molar-refractivity contribution in [2.75, 3.05) is 7.05 Å². The van der Waals surface area contributed by atoms with Gasteiger partial charge in [0.15, 0.2) is 5.96 Å². The minimum absolute atomic E-state index is 0.178. The summed E-state index contributed by atoms with van der Waals surface area (Å²) < 4.78 is 7.36. The van der Waals surface area contributed by atoms with Crippen LogP contribution < -0.4 is 10.6 Å². The van der Waals surface area contributed by atoms with Crippen molar-refractivity contribution >= 4 is 11.9 Å². The molecule has 3 rings (SSSR count). The maximum atomic E-state index is 12.5. The summed E-state index contributed by atoms with van der Waals surface area (Å²) >= 11 is 0. The lowest BCUT2D eigenvalue weighted by atomic mass is 10.1. The fourth-order valence-electron chi connectivity index (χ4n) is 3.70. The number of hydrogen-bond donors (Lipinski definition) is 2. The number of carbonyl (C=O) groups excluding carboxylic acids is 1. The Kier molecular flexibility index (Phi) is 8.24. The molecule has 33 heavy (non-hydrogen) atoms. The van der Waals surface area contributed by atoms with Crippen LogP contribution in [-0.4, -0.2) is 34.8 Å². The number of nitrogens with one attached hydrogen (secondary N) is 2. The lowest BCUT2D eigenvalue weighted by Crippen LogP contribution is -2.42. The second kappa shape index (κ2) is 11.3. The molecule has 0 aliphatic rings. The van der Waals surface area contributed by atoms with Gasteiger partial charge in [-0.25, -0.2) is 4.79 Å². The smallest absolute Gasteiger partial charge is 0.338 e. The molecule has 1 unspecified atom stereocenters. The number of aliphatic imine (C=N–C) groups is 1. The highest BCUT2D eigenvalue weighted by atomic mass is 16.5. The van der Waals surface area contributed by atoms with E-state index in [0.29, 0.717) is 18.1 Å². The minimum atomic E-state index is -0.334. The van der Waals surface area contributed by atoms with Crippen LogP contribution in [0.25, 0.3) is 0 Å². The van der Waals surface area contributed by atoms with Crippen molar-refractivity contribution in [2.24, 2.45) is 12.0 Å². The fourth-order valence-corrected chi connectivity index (χ4v) is 3.70.